The van der Waals surface area contributed by atoms with Gasteiger partial charge in [0.1, 0.15) is 17.1 Å². The first-order valence-electron chi connectivity index (χ1n) is 7.82. The van der Waals surface area contributed by atoms with Gasteiger partial charge in [0, 0.05) is 18.0 Å². The summed E-state index contributed by atoms with van der Waals surface area (Å²) in [6, 6.07) is 4.82. The van der Waals surface area contributed by atoms with Crippen molar-refractivity contribution in [1.29, 1.82) is 0 Å². The van der Waals surface area contributed by atoms with Crippen molar-refractivity contribution in [2.75, 3.05) is 7.11 Å². The molecule has 0 N–H and O–H groups in total. The molecule has 1 aromatic heterocycles. The first-order chi connectivity index (χ1) is 11.5. The van der Waals surface area contributed by atoms with E-state index in [2.05, 4.69) is 9.97 Å². The number of allylic oxidation sites excluding steroid dienone is 1. The number of carbonyl (C=O) groups is 1. The van der Waals surface area contributed by atoms with Crippen molar-refractivity contribution >= 4 is 11.5 Å². The minimum atomic E-state index is -0.971. The predicted molar refractivity (Wildman–Crippen MR) is 88.8 cm³/mol. The summed E-state index contributed by atoms with van der Waals surface area (Å²) in [4.78, 5) is 21.0. The normalized spacial score (nSPS) is 19.9. The van der Waals surface area contributed by atoms with Gasteiger partial charge < -0.3 is 4.74 Å². The maximum Gasteiger partial charge on any atom is 0.320 e. The van der Waals surface area contributed by atoms with Crippen LogP contribution in [0.25, 0.3) is 5.57 Å². The molecule has 0 fully saturated rings. The minimum absolute atomic E-state index is 0.323. The van der Waals surface area contributed by atoms with Crippen molar-refractivity contribution in [2.45, 2.75) is 32.1 Å². The van der Waals surface area contributed by atoms with E-state index in [0.717, 1.165) is 11.1 Å². The van der Waals surface area contributed by atoms with Crippen LogP contribution in [0.1, 0.15) is 35.4 Å². The number of benzene rings is 1. The molecular formula is C19H19FN2O2. The summed E-state index contributed by atoms with van der Waals surface area (Å²) in [5.74, 6) is -0.00641. The number of halogens is 1. The Balaban J connectivity index is 2.13. The number of carbonyl (C=O) groups excluding carboxylic acids is 1. The molecule has 24 heavy (non-hydrogen) atoms. The molecule has 1 aliphatic rings. The van der Waals surface area contributed by atoms with Gasteiger partial charge in [0.15, 0.2) is 0 Å². The molecule has 0 radical (unpaired) electrons. The lowest BCUT2D eigenvalue weighted by Crippen LogP contribution is -2.34. The molecule has 1 heterocycles. The highest BCUT2D eigenvalue weighted by molar-refractivity contribution is 5.91. The number of hydrogen-bond acceptors (Lipinski definition) is 4. The molecular weight excluding hydrogens is 307 g/mol. The highest BCUT2D eigenvalue weighted by Gasteiger charge is 2.44. The second-order valence-corrected chi connectivity index (χ2v) is 6.06. The van der Waals surface area contributed by atoms with Gasteiger partial charge in [-0.15, -0.1) is 0 Å². The van der Waals surface area contributed by atoms with Gasteiger partial charge in [-0.05, 0) is 49.5 Å². The van der Waals surface area contributed by atoms with Crippen LogP contribution < -0.4 is 0 Å². The first kappa shape index (κ1) is 16.3. The highest BCUT2D eigenvalue weighted by Crippen LogP contribution is 2.44. The van der Waals surface area contributed by atoms with Crippen LogP contribution in [0, 0.1) is 19.7 Å². The van der Waals surface area contributed by atoms with Gasteiger partial charge in [-0.2, -0.15) is 0 Å². The van der Waals surface area contributed by atoms with Crippen molar-refractivity contribution in [1.82, 2.24) is 9.97 Å². The van der Waals surface area contributed by atoms with Gasteiger partial charge in [-0.1, -0.05) is 18.2 Å². The second-order valence-electron chi connectivity index (χ2n) is 6.06. The zero-order valence-corrected chi connectivity index (χ0v) is 14.0. The molecule has 0 amide bonds. The van der Waals surface area contributed by atoms with Crippen molar-refractivity contribution in [2.24, 2.45) is 0 Å². The first-order valence-corrected chi connectivity index (χ1v) is 7.82. The number of rotatable bonds is 3. The summed E-state index contributed by atoms with van der Waals surface area (Å²) in [7, 11) is 1.36. The van der Waals surface area contributed by atoms with Crippen LogP contribution in [-0.2, 0) is 14.9 Å². The minimum Gasteiger partial charge on any atom is -0.468 e. The molecule has 3 rings (SSSR count). The molecule has 1 atom stereocenters. The summed E-state index contributed by atoms with van der Waals surface area (Å²) >= 11 is 0. The van der Waals surface area contributed by atoms with Crippen molar-refractivity contribution in [3.05, 3.63) is 65.0 Å². The fraction of sp³-hybridized carbons (Fsp3) is 0.316. The molecule has 0 saturated heterocycles. The van der Waals surface area contributed by atoms with Gasteiger partial charge in [-0.25, -0.2) is 14.4 Å². The Bertz CT molecular complexity index is 815. The molecule has 1 aliphatic carbocycles. The highest BCUT2D eigenvalue weighted by atomic mass is 19.1. The average Bonchev–Trinajstić information content (AvgIpc) is 3.03. The quantitative estimate of drug-likeness (QED) is 0.810. The Morgan fingerprint density at radius 2 is 1.96 bits per heavy atom. The molecule has 0 bridgehead atoms. The van der Waals surface area contributed by atoms with Gasteiger partial charge in [0.05, 0.1) is 7.11 Å². The fourth-order valence-electron chi connectivity index (χ4n) is 3.32. The van der Waals surface area contributed by atoms with Gasteiger partial charge in [-0.3, -0.25) is 4.79 Å². The topological polar surface area (TPSA) is 52.1 Å². The van der Waals surface area contributed by atoms with E-state index in [9.17, 15) is 9.18 Å². The summed E-state index contributed by atoms with van der Waals surface area (Å²) in [6.07, 6.45) is 6.60. The molecule has 5 heteroatoms. The predicted octanol–water partition coefficient (Wildman–Crippen LogP) is 3.52. The molecule has 0 saturated carbocycles. The number of nitrogens with zero attached hydrogens (tertiary/aromatic N) is 2. The molecule has 0 aliphatic heterocycles. The van der Waals surface area contributed by atoms with E-state index in [1.165, 1.54) is 13.2 Å². The molecule has 1 aromatic carbocycles. The molecule has 4 nitrogen and oxygen atoms in total. The van der Waals surface area contributed by atoms with Crippen LogP contribution in [0.5, 0.6) is 0 Å². The number of ether oxygens (including phenoxy) is 1. The van der Waals surface area contributed by atoms with Crippen molar-refractivity contribution in [3.8, 4) is 0 Å². The summed E-state index contributed by atoms with van der Waals surface area (Å²) < 4.78 is 19.1. The average molecular weight is 326 g/mol. The number of aryl methyl sites for hydroxylation is 1. The summed E-state index contributed by atoms with van der Waals surface area (Å²) in [5, 5.41) is 0. The standard InChI is InChI=1S/C19H19FN2O2/c1-12-16(5-4-6-17(12)20)19(18(23)24-3)8-7-14(9-19)15-10-21-13(2)22-11-15/h4-6,9-11H,7-8H2,1-3H3/t19-/m0/s1. The third kappa shape index (κ3) is 2.60. The van der Waals surface area contributed by atoms with Crippen LogP contribution in [0.4, 0.5) is 4.39 Å². The fourth-order valence-corrected chi connectivity index (χ4v) is 3.32. The maximum atomic E-state index is 14.0. The Kier molecular flexibility index (Phi) is 4.18. The van der Waals surface area contributed by atoms with E-state index < -0.39 is 5.41 Å². The Morgan fingerprint density at radius 1 is 1.25 bits per heavy atom. The Morgan fingerprint density at radius 3 is 2.62 bits per heavy atom. The summed E-state index contributed by atoms with van der Waals surface area (Å²) in [5.41, 5.74) is 2.00. The van der Waals surface area contributed by atoms with E-state index in [0.29, 0.717) is 29.8 Å². The lowest BCUT2D eigenvalue weighted by atomic mass is 9.77. The van der Waals surface area contributed by atoms with Crippen LogP contribution in [-0.4, -0.2) is 23.0 Å². The lowest BCUT2D eigenvalue weighted by molar-refractivity contribution is -0.145. The van der Waals surface area contributed by atoms with E-state index in [4.69, 9.17) is 4.74 Å². The number of hydrogen-bond donors (Lipinski definition) is 0. The van der Waals surface area contributed by atoms with Gasteiger partial charge in [0.25, 0.3) is 0 Å². The lowest BCUT2D eigenvalue weighted by Gasteiger charge is -2.26. The third-order valence-corrected chi connectivity index (χ3v) is 4.66. The molecule has 0 spiro atoms. The zero-order valence-electron chi connectivity index (χ0n) is 14.0. The van der Waals surface area contributed by atoms with Crippen molar-refractivity contribution in [3.63, 3.8) is 0 Å². The van der Waals surface area contributed by atoms with Crippen LogP contribution >= 0.6 is 0 Å². The Labute approximate surface area is 140 Å². The summed E-state index contributed by atoms with van der Waals surface area (Å²) in [6.45, 7) is 3.51. The Hall–Kier alpha value is -2.56. The maximum absolute atomic E-state index is 14.0. The number of methoxy groups -OCH3 is 1. The van der Waals surface area contributed by atoms with Gasteiger partial charge in [0.2, 0.25) is 0 Å². The van der Waals surface area contributed by atoms with E-state index >= 15 is 0 Å². The SMILES string of the molecule is COC(=O)[C@]1(c2cccc(F)c2C)C=C(c2cnc(C)nc2)CC1. The van der Waals surface area contributed by atoms with Crippen LogP contribution in [0.15, 0.2) is 36.7 Å². The largest absolute Gasteiger partial charge is 0.468 e. The third-order valence-electron chi connectivity index (χ3n) is 4.66. The second kappa shape index (κ2) is 6.15. The number of aromatic nitrogens is 2. The molecule has 124 valence electrons. The van der Waals surface area contributed by atoms with E-state index in [1.54, 1.807) is 31.5 Å². The van der Waals surface area contributed by atoms with E-state index in [1.807, 2.05) is 13.0 Å². The van der Waals surface area contributed by atoms with E-state index in [-0.39, 0.29) is 11.8 Å². The van der Waals surface area contributed by atoms with Crippen LogP contribution in [0.2, 0.25) is 0 Å². The van der Waals surface area contributed by atoms with Crippen LogP contribution in [0.3, 0.4) is 0 Å². The zero-order chi connectivity index (χ0) is 17.3. The molecule has 0 unspecified atom stereocenters. The van der Waals surface area contributed by atoms with Gasteiger partial charge >= 0.3 is 5.97 Å². The number of esters is 1. The smallest absolute Gasteiger partial charge is 0.320 e. The molecule has 2 aromatic rings. The van der Waals surface area contributed by atoms with Crippen molar-refractivity contribution < 1.29 is 13.9 Å². The monoisotopic (exact) mass is 326 g/mol.